The van der Waals surface area contributed by atoms with Crippen LogP contribution in [0.1, 0.15) is 51.9 Å². The van der Waals surface area contributed by atoms with Crippen molar-refractivity contribution in [1.82, 2.24) is 10.2 Å². The molecule has 1 saturated carbocycles. The first-order chi connectivity index (χ1) is 9.10. The number of carbonyl (C=O) groups excluding carboxylic acids is 2. The van der Waals surface area contributed by atoms with Gasteiger partial charge in [-0.2, -0.15) is 0 Å². The van der Waals surface area contributed by atoms with E-state index in [1.807, 2.05) is 4.90 Å². The number of fused-ring (bicyclic) bond motifs is 1. The molecule has 2 aliphatic heterocycles. The Morgan fingerprint density at radius 3 is 2.84 bits per heavy atom. The van der Waals surface area contributed by atoms with Gasteiger partial charge in [-0.05, 0) is 26.2 Å². The van der Waals surface area contributed by atoms with Crippen LogP contribution in [-0.4, -0.2) is 39.4 Å². The second kappa shape index (κ2) is 5.00. The zero-order chi connectivity index (χ0) is 13.5. The van der Waals surface area contributed by atoms with Gasteiger partial charge in [-0.15, -0.1) is 11.8 Å². The van der Waals surface area contributed by atoms with Gasteiger partial charge in [0, 0.05) is 18.2 Å². The molecular weight excluding hydrogens is 260 g/mol. The van der Waals surface area contributed by atoms with Gasteiger partial charge in [0.05, 0.1) is 4.87 Å². The van der Waals surface area contributed by atoms with Gasteiger partial charge in [0.25, 0.3) is 0 Å². The first-order valence-electron chi connectivity index (χ1n) is 7.37. The van der Waals surface area contributed by atoms with E-state index < -0.39 is 0 Å². The Hall–Kier alpha value is -0.710. The van der Waals surface area contributed by atoms with Crippen LogP contribution in [0.15, 0.2) is 0 Å². The Bertz CT molecular complexity index is 395. The van der Waals surface area contributed by atoms with Gasteiger partial charge in [0.2, 0.25) is 11.8 Å². The van der Waals surface area contributed by atoms with E-state index in [0.717, 1.165) is 25.0 Å². The van der Waals surface area contributed by atoms with Crippen LogP contribution >= 0.6 is 11.8 Å². The highest BCUT2D eigenvalue weighted by Gasteiger charge is 2.52. The Morgan fingerprint density at radius 1 is 1.37 bits per heavy atom. The fourth-order valence-corrected chi connectivity index (χ4v) is 4.99. The number of hydrogen-bond donors (Lipinski definition) is 1. The van der Waals surface area contributed by atoms with E-state index in [9.17, 15) is 9.59 Å². The highest BCUT2D eigenvalue weighted by atomic mass is 32.2. The number of nitrogens with zero attached hydrogens (tertiary/aromatic N) is 1. The summed E-state index contributed by atoms with van der Waals surface area (Å²) in [4.78, 5) is 26.1. The standard InChI is InChI=1S/C14H22N2O2S/c1-14-8-7-12(17)16(14)11(9-19-14)13(18)15-10-5-3-2-4-6-10/h10-11H,2-9H2,1H3,(H,15,18). The third-order valence-corrected chi connectivity index (χ3v) is 6.20. The van der Waals surface area contributed by atoms with E-state index in [0.29, 0.717) is 12.5 Å². The Kier molecular flexibility index (Phi) is 3.50. The summed E-state index contributed by atoms with van der Waals surface area (Å²) in [6.07, 6.45) is 7.37. The summed E-state index contributed by atoms with van der Waals surface area (Å²) in [5, 5.41) is 3.17. The molecule has 2 unspecified atom stereocenters. The van der Waals surface area contributed by atoms with Crippen molar-refractivity contribution in [2.24, 2.45) is 0 Å². The lowest BCUT2D eigenvalue weighted by Crippen LogP contribution is -2.52. The lowest BCUT2D eigenvalue weighted by atomic mass is 9.95. The number of thioether (sulfide) groups is 1. The summed E-state index contributed by atoms with van der Waals surface area (Å²) in [7, 11) is 0. The van der Waals surface area contributed by atoms with Gasteiger partial charge in [0.15, 0.2) is 0 Å². The molecular formula is C14H22N2O2S. The molecule has 3 fully saturated rings. The van der Waals surface area contributed by atoms with Crippen molar-refractivity contribution in [1.29, 1.82) is 0 Å². The largest absolute Gasteiger partial charge is 0.352 e. The number of carbonyl (C=O) groups is 2. The number of rotatable bonds is 2. The van der Waals surface area contributed by atoms with E-state index in [4.69, 9.17) is 0 Å². The maximum Gasteiger partial charge on any atom is 0.243 e. The van der Waals surface area contributed by atoms with Crippen molar-refractivity contribution >= 4 is 23.6 Å². The molecule has 0 radical (unpaired) electrons. The first kappa shape index (κ1) is 13.3. The number of nitrogens with one attached hydrogen (secondary N) is 1. The van der Waals surface area contributed by atoms with Gasteiger partial charge < -0.3 is 10.2 Å². The minimum atomic E-state index is -0.244. The molecule has 19 heavy (non-hydrogen) atoms. The van der Waals surface area contributed by atoms with Gasteiger partial charge in [0.1, 0.15) is 6.04 Å². The van der Waals surface area contributed by atoms with Gasteiger partial charge in [-0.1, -0.05) is 19.3 Å². The van der Waals surface area contributed by atoms with E-state index in [1.54, 1.807) is 11.8 Å². The predicted molar refractivity (Wildman–Crippen MR) is 75.7 cm³/mol. The zero-order valence-corrected chi connectivity index (χ0v) is 12.3. The van der Waals surface area contributed by atoms with Gasteiger partial charge in [-0.25, -0.2) is 0 Å². The quantitative estimate of drug-likeness (QED) is 0.841. The van der Waals surface area contributed by atoms with E-state index >= 15 is 0 Å². The third kappa shape index (κ3) is 2.37. The molecule has 2 saturated heterocycles. The summed E-state index contributed by atoms with van der Waals surface area (Å²) in [6, 6.07) is 0.0859. The zero-order valence-electron chi connectivity index (χ0n) is 11.5. The van der Waals surface area contributed by atoms with E-state index in [2.05, 4.69) is 12.2 Å². The van der Waals surface area contributed by atoms with Crippen LogP contribution in [0.5, 0.6) is 0 Å². The summed E-state index contributed by atoms with van der Waals surface area (Å²) in [6.45, 7) is 2.09. The highest BCUT2D eigenvalue weighted by molar-refractivity contribution is 8.01. The first-order valence-corrected chi connectivity index (χ1v) is 8.35. The third-order valence-electron chi connectivity index (χ3n) is 4.70. The van der Waals surface area contributed by atoms with Crippen molar-refractivity contribution in [2.75, 3.05) is 5.75 Å². The Morgan fingerprint density at radius 2 is 2.11 bits per heavy atom. The molecule has 0 spiro atoms. The molecule has 106 valence electrons. The van der Waals surface area contributed by atoms with Crippen molar-refractivity contribution < 1.29 is 9.59 Å². The predicted octanol–water partition coefficient (Wildman–Crippen LogP) is 1.89. The molecule has 1 N–H and O–H groups in total. The van der Waals surface area contributed by atoms with Crippen molar-refractivity contribution in [3.05, 3.63) is 0 Å². The lowest BCUT2D eigenvalue weighted by molar-refractivity contribution is -0.138. The molecule has 2 atom stereocenters. The van der Waals surface area contributed by atoms with Crippen LogP contribution in [0.2, 0.25) is 0 Å². The smallest absolute Gasteiger partial charge is 0.243 e. The molecule has 0 aromatic carbocycles. The molecule has 2 heterocycles. The molecule has 2 amide bonds. The average molecular weight is 282 g/mol. The van der Waals surface area contributed by atoms with Crippen LogP contribution in [0.3, 0.4) is 0 Å². The van der Waals surface area contributed by atoms with Crippen LogP contribution in [-0.2, 0) is 9.59 Å². The molecule has 3 aliphatic rings. The topological polar surface area (TPSA) is 49.4 Å². The van der Waals surface area contributed by atoms with Crippen molar-refractivity contribution in [3.63, 3.8) is 0 Å². The number of hydrogen-bond acceptors (Lipinski definition) is 3. The van der Waals surface area contributed by atoms with E-state index in [1.165, 1.54) is 19.3 Å². The van der Waals surface area contributed by atoms with Crippen molar-refractivity contribution in [3.8, 4) is 0 Å². The fourth-order valence-electron chi connectivity index (χ4n) is 3.56. The second-order valence-electron chi connectivity index (χ2n) is 6.11. The van der Waals surface area contributed by atoms with Gasteiger partial charge in [-0.3, -0.25) is 9.59 Å². The average Bonchev–Trinajstić information content (AvgIpc) is 2.88. The highest BCUT2D eigenvalue weighted by Crippen LogP contribution is 2.47. The lowest BCUT2D eigenvalue weighted by Gasteiger charge is -2.31. The van der Waals surface area contributed by atoms with Gasteiger partial charge >= 0.3 is 0 Å². The molecule has 0 aromatic rings. The molecule has 0 aromatic heterocycles. The maximum absolute atomic E-state index is 12.4. The van der Waals surface area contributed by atoms with Crippen LogP contribution in [0.25, 0.3) is 0 Å². The monoisotopic (exact) mass is 282 g/mol. The molecule has 4 nitrogen and oxygen atoms in total. The second-order valence-corrected chi connectivity index (χ2v) is 7.61. The number of amides is 2. The Balaban J connectivity index is 1.65. The van der Waals surface area contributed by atoms with Crippen LogP contribution in [0.4, 0.5) is 0 Å². The summed E-state index contributed by atoms with van der Waals surface area (Å²) in [5.41, 5.74) is 0. The normalized spacial score (nSPS) is 35.5. The maximum atomic E-state index is 12.4. The minimum absolute atomic E-state index is 0.0679. The SMILES string of the molecule is CC12CCC(=O)N1C(C(=O)NC1CCCCC1)CS2. The van der Waals surface area contributed by atoms with E-state index in [-0.39, 0.29) is 22.7 Å². The van der Waals surface area contributed by atoms with Crippen molar-refractivity contribution in [2.45, 2.75) is 68.8 Å². The van der Waals surface area contributed by atoms with Crippen LogP contribution < -0.4 is 5.32 Å². The molecule has 0 bridgehead atoms. The minimum Gasteiger partial charge on any atom is -0.352 e. The molecule has 3 rings (SSSR count). The molecule has 1 aliphatic carbocycles. The molecule has 5 heteroatoms. The fraction of sp³-hybridized carbons (Fsp3) is 0.857. The summed E-state index contributed by atoms with van der Waals surface area (Å²) >= 11 is 1.76. The Labute approximate surface area is 118 Å². The van der Waals surface area contributed by atoms with Crippen LogP contribution in [0, 0.1) is 0 Å². The summed E-state index contributed by atoms with van der Waals surface area (Å²) < 4.78 is 0. The summed E-state index contributed by atoms with van der Waals surface area (Å²) in [5.74, 6) is 0.968.